The summed E-state index contributed by atoms with van der Waals surface area (Å²) in [5.74, 6) is -0.300. The molecule has 2 N–H and O–H groups in total. The number of carbonyl (C=O) groups excluding carboxylic acids is 2. The van der Waals surface area contributed by atoms with Gasteiger partial charge in [0.15, 0.2) is 0 Å². The summed E-state index contributed by atoms with van der Waals surface area (Å²) in [4.78, 5) is 25.5. The van der Waals surface area contributed by atoms with Crippen LogP contribution in [-0.4, -0.2) is 50.4 Å². The van der Waals surface area contributed by atoms with Crippen molar-refractivity contribution in [1.29, 1.82) is 0 Å². The highest BCUT2D eigenvalue weighted by Crippen LogP contribution is 2.22. The molecule has 0 saturated carbocycles. The Bertz CT molecular complexity index is 428. The molecule has 0 fully saturated rings. The van der Waals surface area contributed by atoms with Crippen molar-refractivity contribution in [1.82, 2.24) is 15.5 Å². The normalized spacial score (nSPS) is 9.63. The summed E-state index contributed by atoms with van der Waals surface area (Å²) in [6.07, 6.45) is 0. The minimum Gasteiger partial charge on any atom is -0.353 e. The predicted molar refractivity (Wildman–Crippen MR) is 83.2 cm³/mol. The van der Waals surface area contributed by atoms with E-state index in [1.54, 1.807) is 13.1 Å². The van der Waals surface area contributed by atoms with E-state index in [-0.39, 0.29) is 30.8 Å². The number of halogens is 2. The van der Waals surface area contributed by atoms with Crippen LogP contribution in [0.5, 0.6) is 0 Å². The third-order valence-corrected chi connectivity index (χ3v) is 3.82. The zero-order valence-corrected chi connectivity index (χ0v) is 14.0. The van der Waals surface area contributed by atoms with Crippen LogP contribution in [0.4, 0.5) is 0 Å². The van der Waals surface area contributed by atoms with E-state index < -0.39 is 0 Å². The van der Waals surface area contributed by atoms with E-state index in [0.29, 0.717) is 18.0 Å². The maximum absolute atomic E-state index is 11.9. The molecule has 0 spiro atoms. The zero-order valence-electron chi connectivity index (χ0n) is 10.7. The summed E-state index contributed by atoms with van der Waals surface area (Å²) in [6.45, 7) is 1.33. The van der Waals surface area contributed by atoms with Gasteiger partial charge in [0.05, 0.1) is 15.2 Å². The number of likely N-dealkylation sites (N-methyl/N-ethyl adjacent to an activating group) is 2. The fraction of sp³-hybridized carbons (Fsp3) is 0.455. The molecular formula is C11H17BrClN3O2S. The summed E-state index contributed by atoms with van der Waals surface area (Å²) in [7, 11) is 3.43. The van der Waals surface area contributed by atoms with Gasteiger partial charge in [0.25, 0.3) is 5.91 Å². The number of hydrogen-bond acceptors (Lipinski definition) is 4. The van der Waals surface area contributed by atoms with E-state index >= 15 is 0 Å². The second kappa shape index (κ2) is 9.30. The van der Waals surface area contributed by atoms with Gasteiger partial charge in [0.2, 0.25) is 5.91 Å². The zero-order chi connectivity index (χ0) is 13.5. The fourth-order valence-corrected chi connectivity index (χ4v) is 2.67. The van der Waals surface area contributed by atoms with Crippen LogP contribution in [0.25, 0.3) is 0 Å². The largest absolute Gasteiger partial charge is 0.353 e. The Morgan fingerprint density at radius 3 is 2.58 bits per heavy atom. The van der Waals surface area contributed by atoms with Gasteiger partial charge in [0.1, 0.15) is 0 Å². The highest BCUT2D eigenvalue weighted by molar-refractivity contribution is 9.11. The lowest BCUT2D eigenvalue weighted by molar-refractivity contribution is -0.121. The van der Waals surface area contributed by atoms with Crippen LogP contribution in [0.3, 0.4) is 0 Å². The van der Waals surface area contributed by atoms with Gasteiger partial charge in [-0.15, -0.1) is 23.7 Å². The van der Waals surface area contributed by atoms with Crippen molar-refractivity contribution in [2.45, 2.75) is 0 Å². The molecule has 1 heterocycles. The monoisotopic (exact) mass is 369 g/mol. The topological polar surface area (TPSA) is 61.4 Å². The van der Waals surface area contributed by atoms with Gasteiger partial charge in [-0.25, -0.2) is 0 Å². The molecule has 1 rings (SSSR count). The number of rotatable bonds is 6. The van der Waals surface area contributed by atoms with Gasteiger partial charge in [-0.1, -0.05) is 0 Å². The molecule has 108 valence electrons. The average molecular weight is 371 g/mol. The minimum absolute atomic E-state index is 0. The average Bonchev–Trinajstić information content (AvgIpc) is 2.75. The first-order valence-corrected chi connectivity index (χ1v) is 7.07. The molecule has 0 aliphatic heterocycles. The molecule has 19 heavy (non-hydrogen) atoms. The molecule has 0 saturated heterocycles. The van der Waals surface area contributed by atoms with Crippen LogP contribution in [0.1, 0.15) is 9.67 Å². The molecule has 8 heteroatoms. The number of thiophene rings is 1. The Morgan fingerprint density at radius 1 is 1.37 bits per heavy atom. The Hall–Kier alpha value is -0.630. The third-order valence-electron chi connectivity index (χ3n) is 2.21. The number of carbonyl (C=O) groups is 2. The standard InChI is InChI=1S/C11H16BrN3O2S.ClH/c1-13-5-6-14-10(16)7-15(2)11(17)8-3-4-9(12)18-8;/h3-4,13H,5-7H2,1-2H3,(H,14,16);1H. The molecule has 1 aromatic heterocycles. The van der Waals surface area contributed by atoms with Crippen LogP contribution >= 0.6 is 39.7 Å². The quantitative estimate of drug-likeness (QED) is 0.743. The smallest absolute Gasteiger partial charge is 0.264 e. The number of nitrogens with one attached hydrogen (secondary N) is 2. The van der Waals surface area contributed by atoms with Gasteiger partial charge in [-0.05, 0) is 35.1 Å². The first kappa shape index (κ1) is 18.4. The van der Waals surface area contributed by atoms with E-state index in [1.807, 2.05) is 13.1 Å². The molecule has 5 nitrogen and oxygen atoms in total. The molecule has 0 bridgehead atoms. The molecule has 0 atom stereocenters. The summed E-state index contributed by atoms with van der Waals surface area (Å²) < 4.78 is 0.901. The lowest BCUT2D eigenvalue weighted by Gasteiger charge is -2.15. The molecule has 0 aliphatic carbocycles. The van der Waals surface area contributed by atoms with Crippen LogP contribution < -0.4 is 10.6 Å². The minimum atomic E-state index is -0.156. The third kappa shape index (κ3) is 6.38. The van der Waals surface area contributed by atoms with Crippen molar-refractivity contribution in [3.05, 3.63) is 20.8 Å². The Kier molecular flexibility index (Phi) is 8.99. The van der Waals surface area contributed by atoms with Crippen molar-refractivity contribution < 1.29 is 9.59 Å². The van der Waals surface area contributed by atoms with E-state index in [0.717, 1.165) is 3.79 Å². The summed E-state index contributed by atoms with van der Waals surface area (Å²) in [6, 6.07) is 3.56. The van der Waals surface area contributed by atoms with Crippen molar-refractivity contribution in [3.8, 4) is 0 Å². The second-order valence-corrected chi connectivity index (χ2v) is 6.18. The highest BCUT2D eigenvalue weighted by Gasteiger charge is 2.16. The first-order chi connectivity index (χ1) is 8.54. The first-order valence-electron chi connectivity index (χ1n) is 5.46. The molecule has 0 radical (unpaired) electrons. The summed E-state index contributed by atoms with van der Waals surface area (Å²) in [5.41, 5.74) is 0. The van der Waals surface area contributed by atoms with E-state index in [4.69, 9.17) is 0 Å². The van der Waals surface area contributed by atoms with Crippen molar-refractivity contribution >= 4 is 51.5 Å². The van der Waals surface area contributed by atoms with E-state index in [1.165, 1.54) is 16.2 Å². The molecule has 0 unspecified atom stereocenters. The number of nitrogens with zero attached hydrogens (tertiary/aromatic N) is 1. The molecule has 0 aromatic carbocycles. The van der Waals surface area contributed by atoms with E-state index in [9.17, 15) is 9.59 Å². The van der Waals surface area contributed by atoms with Gasteiger partial charge >= 0.3 is 0 Å². The van der Waals surface area contributed by atoms with Crippen molar-refractivity contribution in [2.24, 2.45) is 0 Å². The lowest BCUT2D eigenvalue weighted by atomic mass is 10.4. The van der Waals surface area contributed by atoms with Crippen molar-refractivity contribution in [2.75, 3.05) is 33.7 Å². The maximum Gasteiger partial charge on any atom is 0.264 e. The van der Waals surface area contributed by atoms with Crippen LogP contribution in [-0.2, 0) is 4.79 Å². The highest BCUT2D eigenvalue weighted by atomic mass is 79.9. The molecular weight excluding hydrogens is 354 g/mol. The van der Waals surface area contributed by atoms with Crippen LogP contribution in [0.2, 0.25) is 0 Å². The predicted octanol–water partition coefficient (Wildman–Crippen LogP) is 1.34. The van der Waals surface area contributed by atoms with Crippen LogP contribution in [0, 0.1) is 0 Å². The fourth-order valence-electron chi connectivity index (χ4n) is 1.29. The lowest BCUT2D eigenvalue weighted by Crippen LogP contribution is -2.40. The molecule has 2 amide bonds. The SMILES string of the molecule is CNCCNC(=O)CN(C)C(=O)c1ccc(Br)s1.Cl. The summed E-state index contributed by atoms with van der Waals surface area (Å²) in [5, 5.41) is 5.65. The Morgan fingerprint density at radius 2 is 2.05 bits per heavy atom. The van der Waals surface area contributed by atoms with Gasteiger partial charge in [-0.3, -0.25) is 9.59 Å². The Labute approximate surface area is 131 Å². The summed E-state index contributed by atoms with van der Waals surface area (Å²) >= 11 is 4.66. The molecule has 1 aromatic rings. The molecule has 0 aliphatic rings. The van der Waals surface area contributed by atoms with Gasteiger partial charge in [0, 0.05) is 20.1 Å². The second-order valence-electron chi connectivity index (χ2n) is 3.72. The number of amides is 2. The van der Waals surface area contributed by atoms with Gasteiger partial charge < -0.3 is 15.5 Å². The van der Waals surface area contributed by atoms with Crippen molar-refractivity contribution in [3.63, 3.8) is 0 Å². The van der Waals surface area contributed by atoms with Gasteiger partial charge in [-0.2, -0.15) is 0 Å². The maximum atomic E-state index is 11.9. The Balaban J connectivity index is 0.00000324. The van der Waals surface area contributed by atoms with Crippen LogP contribution in [0.15, 0.2) is 15.9 Å². The van der Waals surface area contributed by atoms with E-state index in [2.05, 4.69) is 26.6 Å². The number of hydrogen-bond donors (Lipinski definition) is 2.